The van der Waals surface area contributed by atoms with Gasteiger partial charge in [-0.25, -0.2) is 0 Å². The number of halogens is 1. The van der Waals surface area contributed by atoms with Gasteiger partial charge in [0, 0.05) is 23.3 Å². The first-order valence-corrected chi connectivity index (χ1v) is 8.67. The molecule has 0 spiro atoms. The Morgan fingerprint density at radius 1 is 1.15 bits per heavy atom. The summed E-state index contributed by atoms with van der Waals surface area (Å²) in [7, 11) is 3.49. The first-order chi connectivity index (χ1) is 12.5. The number of benzene rings is 2. The number of anilines is 1. The van der Waals surface area contributed by atoms with Gasteiger partial charge in [-0.15, -0.1) is 0 Å². The van der Waals surface area contributed by atoms with E-state index in [4.69, 9.17) is 16.3 Å². The highest BCUT2D eigenvalue weighted by Gasteiger charge is 2.11. The van der Waals surface area contributed by atoms with Crippen molar-refractivity contribution in [2.24, 2.45) is 0 Å². The van der Waals surface area contributed by atoms with Crippen molar-refractivity contribution in [3.63, 3.8) is 0 Å². The van der Waals surface area contributed by atoms with E-state index in [-0.39, 0.29) is 11.8 Å². The largest absolute Gasteiger partial charge is 0.488 e. The van der Waals surface area contributed by atoms with Crippen molar-refractivity contribution >= 4 is 29.1 Å². The lowest BCUT2D eigenvalue weighted by molar-refractivity contribution is -0.871. The number of hydrogen-bond acceptors (Lipinski definition) is 3. The Morgan fingerprint density at radius 3 is 2.58 bits per heavy atom. The second kappa shape index (κ2) is 9.79. The van der Waals surface area contributed by atoms with Crippen molar-refractivity contribution in [1.82, 2.24) is 5.32 Å². The summed E-state index contributed by atoms with van der Waals surface area (Å²) >= 11 is 5.83. The second-order valence-corrected chi connectivity index (χ2v) is 6.33. The van der Waals surface area contributed by atoms with Crippen LogP contribution in [0.15, 0.2) is 48.5 Å². The highest BCUT2D eigenvalue weighted by molar-refractivity contribution is 6.30. The number of nitrogens with one attached hydrogen (secondary N) is 3. The Bertz CT molecular complexity index is 750. The van der Waals surface area contributed by atoms with Gasteiger partial charge in [-0.1, -0.05) is 17.7 Å². The standard InChI is InChI=1S/C19H22ClN3O3/c1-21-19(25)14-4-3-5-16(12-14)22-18(24)13-23(2)10-11-26-17-8-6-15(20)7-9-17/h3-9,12H,10-11,13H2,1-2H3,(H,21,25)(H,22,24)/p+1. The molecule has 1 unspecified atom stereocenters. The fourth-order valence-corrected chi connectivity index (χ4v) is 2.45. The highest BCUT2D eigenvalue weighted by atomic mass is 35.5. The number of hydrogen-bond donors (Lipinski definition) is 3. The third-order valence-corrected chi connectivity index (χ3v) is 3.96. The molecule has 2 aromatic carbocycles. The third-order valence-electron chi connectivity index (χ3n) is 3.71. The van der Waals surface area contributed by atoms with E-state index in [1.807, 2.05) is 19.2 Å². The molecule has 3 N–H and O–H groups in total. The molecule has 7 heteroatoms. The summed E-state index contributed by atoms with van der Waals surface area (Å²) in [4.78, 5) is 24.8. The van der Waals surface area contributed by atoms with Gasteiger partial charge in [0.05, 0.1) is 7.05 Å². The smallest absolute Gasteiger partial charge is 0.279 e. The number of likely N-dealkylation sites (N-methyl/N-ethyl adjacent to an activating group) is 1. The quantitative estimate of drug-likeness (QED) is 0.649. The van der Waals surface area contributed by atoms with Crippen LogP contribution >= 0.6 is 11.6 Å². The van der Waals surface area contributed by atoms with E-state index in [0.29, 0.717) is 36.0 Å². The van der Waals surface area contributed by atoms with Crippen LogP contribution in [0.4, 0.5) is 5.69 Å². The minimum atomic E-state index is -0.191. The van der Waals surface area contributed by atoms with E-state index in [1.54, 1.807) is 43.4 Å². The zero-order valence-corrected chi connectivity index (χ0v) is 15.6. The van der Waals surface area contributed by atoms with Crippen LogP contribution in [-0.2, 0) is 4.79 Å². The predicted octanol–water partition coefficient (Wildman–Crippen LogP) is 1.23. The maximum Gasteiger partial charge on any atom is 0.279 e. The maximum atomic E-state index is 12.2. The van der Waals surface area contributed by atoms with Gasteiger partial charge >= 0.3 is 0 Å². The molecule has 0 fully saturated rings. The normalized spacial score (nSPS) is 11.5. The molecule has 2 rings (SSSR count). The lowest BCUT2D eigenvalue weighted by Crippen LogP contribution is -3.10. The molecule has 0 aliphatic heterocycles. The summed E-state index contributed by atoms with van der Waals surface area (Å²) in [5.74, 6) is 0.434. The van der Waals surface area contributed by atoms with Crippen LogP contribution < -0.4 is 20.3 Å². The van der Waals surface area contributed by atoms with Crippen molar-refractivity contribution in [3.05, 3.63) is 59.1 Å². The summed E-state index contributed by atoms with van der Waals surface area (Å²) in [6.07, 6.45) is 0. The third kappa shape index (κ3) is 6.38. The zero-order chi connectivity index (χ0) is 18.9. The van der Waals surface area contributed by atoms with Gasteiger partial charge in [0.2, 0.25) is 0 Å². The SMILES string of the molecule is CNC(=O)c1cccc(NC(=O)C[NH+](C)CCOc2ccc(Cl)cc2)c1. The molecule has 0 aromatic heterocycles. The molecule has 2 aromatic rings. The minimum absolute atomic E-state index is 0.122. The summed E-state index contributed by atoms with van der Waals surface area (Å²) in [5.41, 5.74) is 1.10. The average molecular weight is 377 g/mol. The minimum Gasteiger partial charge on any atom is -0.488 e. The van der Waals surface area contributed by atoms with Crippen LogP contribution in [0.5, 0.6) is 5.75 Å². The lowest BCUT2D eigenvalue weighted by Gasteiger charge is -2.14. The van der Waals surface area contributed by atoms with E-state index in [9.17, 15) is 9.59 Å². The van der Waals surface area contributed by atoms with E-state index < -0.39 is 0 Å². The molecule has 0 heterocycles. The second-order valence-electron chi connectivity index (χ2n) is 5.89. The summed E-state index contributed by atoms with van der Waals surface area (Å²) < 4.78 is 5.63. The van der Waals surface area contributed by atoms with Crippen LogP contribution in [-0.4, -0.2) is 45.6 Å². The fraction of sp³-hybridized carbons (Fsp3) is 0.263. The van der Waals surface area contributed by atoms with Gasteiger partial charge in [0.1, 0.15) is 18.9 Å². The zero-order valence-electron chi connectivity index (χ0n) is 14.8. The van der Waals surface area contributed by atoms with Crippen molar-refractivity contribution in [2.75, 3.05) is 39.1 Å². The molecule has 0 aliphatic rings. The number of carbonyl (C=O) groups excluding carboxylic acids is 2. The van der Waals surface area contributed by atoms with Crippen LogP contribution in [0.3, 0.4) is 0 Å². The average Bonchev–Trinajstić information content (AvgIpc) is 2.62. The number of rotatable bonds is 8. The Hall–Kier alpha value is -2.57. The monoisotopic (exact) mass is 376 g/mol. The van der Waals surface area contributed by atoms with Crippen LogP contribution in [0.25, 0.3) is 0 Å². The van der Waals surface area contributed by atoms with Gasteiger partial charge in [0.25, 0.3) is 11.8 Å². The number of quaternary nitrogens is 1. The Kier molecular flexibility index (Phi) is 7.44. The Morgan fingerprint density at radius 2 is 1.88 bits per heavy atom. The molecular weight excluding hydrogens is 354 g/mol. The van der Waals surface area contributed by atoms with Crippen LogP contribution in [0.1, 0.15) is 10.4 Å². The van der Waals surface area contributed by atoms with Gasteiger partial charge in [-0.2, -0.15) is 0 Å². The van der Waals surface area contributed by atoms with E-state index >= 15 is 0 Å². The number of amides is 2. The summed E-state index contributed by atoms with van der Waals surface area (Å²) in [6.45, 7) is 1.47. The molecule has 1 atom stereocenters. The fourth-order valence-electron chi connectivity index (χ4n) is 2.32. The van der Waals surface area contributed by atoms with Gasteiger partial charge in [-0.3, -0.25) is 9.59 Å². The molecule has 0 saturated heterocycles. The number of ether oxygens (including phenoxy) is 1. The molecule has 0 saturated carbocycles. The first-order valence-electron chi connectivity index (χ1n) is 8.29. The topological polar surface area (TPSA) is 71.9 Å². The highest BCUT2D eigenvalue weighted by Crippen LogP contribution is 2.15. The lowest BCUT2D eigenvalue weighted by atomic mass is 10.2. The predicted molar refractivity (Wildman–Crippen MR) is 102 cm³/mol. The summed E-state index contributed by atoms with van der Waals surface area (Å²) in [5, 5.41) is 6.03. The van der Waals surface area contributed by atoms with Crippen molar-refractivity contribution in [1.29, 1.82) is 0 Å². The molecule has 2 amide bonds. The Balaban J connectivity index is 1.76. The molecule has 6 nitrogen and oxygen atoms in total. The first kappa shape index (κ1) is 19.8. The Labute approximate surface area is 158 Å². The van der Waals surface area contributed by atoms with E-state index in [0.717, 1.165) is 10.6 Å². The number of carbonyl (C=O) groups is 2. The van der Waals surface area contributed by atoms with Crippen LogP contribution in [0, 0.1) is 0 Å². The molecule has 0 aliphatic carbocycles. The summed E-state index contributed by atoms with van der Waals surface area (Å²) in [6, 6.07) is 14.0. The van der Waals surface area contributed by atoms with E-state index in [2.05, 4.69) is 10.6 Å². The molecule has 138 valence electrons. The van der Waals surface area contributed by atoms with Gasteiger partial charge in [-0.05, 0) is 42.5 Å². The van der Waals surface area contributed by atoms with Gasteiger partial charge < -0.3 is 20.3 Å². The van der Waals surface area contributed by atoms with Crippen molar-refractivity contribution in [3.8, 4) is 5.75 Å². The molecule has 0 bridgehead atoms. The maximum absolute atomic E-state index is 12.2. The molecule has 26 heavy (non-hydrogen) atoms. The van der Waals surface area contributed by atoms with Crippen molar-refractivity contribution in [2.45, 2.75) is 0 Å². The van der Waals surface area contributed by atoms with E-state index in [1.165, 1.54) is 0 Å². The van der Waals surface area contributed by atoms with Crippen LogP contribution in [0.2, 0.25) is 5.02 Å². The molecule has 0 radical (unpaired) electrons. The van der Waals surface area contributed by atoms with Gasteiger partial charge in [0.15, 0.2) is 6.54 Å². The molecular formula is C19H23ClN3O3+. The van der Waals surface area contributed by atoms with Crippen molar-refractivity contribution < 1.29 is 19.2 Å².